The second-order valence-corrected chi connectivity index (χ2v) is 4.74. The Labute approximate surface area is 102 Å². The molecule has 0 radical (unpaired) electrons. The summed E-state index contributed by atoms with van der Waals surface area (Å²) >= 11 is 0. The first kappa shape index (κ1) is 13.4. The molecule has 94 valence electrons. The van der Waals surface area contributed by atoms with Crippen molar-refractivity contribution in [3.8, 4) is 11.5 Å². The van der Waals surface area contributed by atoms with Gasteiger partial charge in [-0.3, -0.25) is 4.99 Å². The second kappa shape index (κ2) is 5.08. The number of aliphatic imine (C=N–C) groups is 1. The van der Waals surface area contributed by atoms with Gasteiger partial charge < -0.3 is 15.2 Å². The minimum Gasteiger partial charge on any atom is -0.493 e. The molecule has 0 atom stereocenters. The molecule has 0 aliphatic carbocycles. The van der Waals surface area contributed by atoms with E-state index < -0.39 is 0 Å². The van der Waals surface area contributed by atoms with Crippen molar-refractivity contribution in [2.45, 2.75) is 26.3 Å². The first-order valence-electron chi connectivity index (χ1n) is 5.45. The molecule has 0 aliphatic rings. The Balaban J connectivity index is 3.12. The Bertz CT molecular complexity index is 420. The van der Waals surface area contributed by atoms with Gasteiger partial charge in [0.2, 0.25) is 0 Å². The molecule has 0 aromatic heterocycles. The number of benzene rings is 1. The number of nitrogens with zero attached hydrogens (tertiary/aromatic N) is 1. The first-order valence-corrected chi connectivity index (χ1v) is 5.45. The Hall–Kier alpha value is -1.71. The molecule has 4 nitrogen and oxygen atoms in total. The Morgan fingerprint density at radius 1 is 1.12 bits per heavy atom. The molecule has 17 heavy (non-hydrogen) atoms. The first-order chi connectivity index (χ1) is 7.87. The van der Waals surface area contributed by atoms with Gasteiger partial charge in [-0.15, -0.1) is 0 Å². The topological polar surface area (TPSA) is 56.8 Å². The van der Waals surface area contributed by atoms with E-state index in [0.29, 0.717) is 17.3 Å². The van der Waals surface area contributed by atoms with Crippen molar-refractivity contribution < 1.29 is 9.47 Å². The summed E-state index contributed by atoms with van der Waals surface area (Å²) in [5.74, 6) is 1.83. The summed E-state index contributed by atoms with van der Waals surface area (Å²) in [7, 11) is 3.20. The lowest BCUT2D eigenvalue weighted by Crippen LogP contribution is -2.21. The van der Waals surface area contributed by atoms with Crippen molar-refractivity contribution in [1.82, 2.24) is 0 Å². The summed E-state index contributed by atoms with van der Waals surface area (Å²) in [6.07, 6.45) is 0. The zero-order valence-electron chi connectivity index (χ0n) is 11.1. The molecule has 2 N–H and O–H groups in total. The van der Waals surface area contributed by atoms with Crippen LogP contribution in [-0.2, 0) is 0 Å². The summed E-state index contributed by atoms with van der Waals surface area (Å²) in [4.78, 5) is 4.41. The summed E-state index contributed by atoms with van der Waals surface area (Å²) in [6, 6.07) is 5.51. The molecular weight excluding hydrogens is 216 g/mol. The molecule has 1 aromatic rings. The number of nitrogens with two attached hydrogens (primary N) is 1. The number of hydrogen-bond acceptors (Lipinski definition) is 3. The largest absolute Gasteiger partial charge is 0.493 e. The van der Waals surface area contributed by atoms with E-state index in [1.807, 2.05) is 39.0 Å². The smallest absolute Gasteiger partial charge is 0.161 e. The highest BCUT2D eigenvalue weighted by atomic mass is 16.5. The fraction of sp³-hybridized carbons (Fsp3) is 0.462. The van der Waals surface area contributed by atoms with Crippen LogP contribution in [0, 0.1) is 0 Å². The van der Waals surface area contributed by atoms with Crippen molar-refractivity contribution in [2.75, 3.05) is 14.2 Å². The lowest BCUT2D eigenvalue weighted by atomic mass is 10.1. The van der Waals surface area contributed by atoms with Crippen LogP contribution in [0.25, 0.3) is 0 Å². The van der Waals surface area contributed by atoms with Gasteiger partial charge in [0, 0.05) is 5.56 Å². The molecular formula is C13H20N2O2. The van der Waals surface area contributed by atoms with Crippen LogP contribution in [0.1, 0.15) is 26.3 Å². The lowest BCUT2D eigenvalue weighted by molar-refractivity contribution is 0.355. The van der Waals surface area contributed by atoms with E-state index in [1.165, 1.54) is 0 Å². The van der Waals surface area contributed by atoms with Gasteiger partial charge >= 0.3 is 0 Å². The number of rotatable bonds is 3. The predicted molar refractivity (Wildman–Crippen MR) is 70.0 cm³/mol. The standard InChI is InChI=1S/C13H20N2O2/c1-13(2,3)15-12(14)9-6-7-10(16-4)11(8-9)17-5/h6-8H,1-5H3,(H2,14,15). The predicted octanol–water partition coefficient (Wildman–Crippen LogP) is 2.21. The van der Waals surface area contributed by atoms with Crippen LogP contribution < -0.4 is 15.2 Å². The third kappa shape index (κ3) is 3.66. The normalized spacial score (nSPS) is 12.4. The fourth-order valence-electron chi connectivity index (χ4n) is 1.42. The Morgan fingerprint density at radius 3 is 2.18 bits per heavy atom. The van der Waals surface area contributed by atoms with Gasteiger partial charge in [0.25, 0.3) is 0 Å². The highest BCUT2D eigenvalue weighted by Gasteiger charge is 2.11. The van der Waals surface area contributed by atoms with Gasteiger partial charge in [-0.2, -0.15) is 0 Å². The van der Waals surface area contributed by atoms with Crippen molar-refractivity contribution in [3.05, 3.63) is 23.8 Å². The average Bonchev–Trinajstić information content (AvgIpc) is 2.25. The third-order valence-corrected chi connectivity index (χ3v) is 2.14. The molecule has 0 fully saturated rings. The molecule has 0 saturated heterocycles. The van der Waals surface area contributed by atoms with Crippen molar-refractivity contribution in [1.29, 1.82) is 0 Å². The zero-order valence-corrected chi connectivity index (χ0v) is 11.1. The summed E-state index contributed by atoms with van der Waals surface area (Å²) < 4.78 is 10.4. The van der Waals surface area contributed by atoms with Gasteiger partial charge in [-0.25, -0.2) is 0 Å². The van der Waals surface area contributed by atoms with E-state index in [4.69, 9.17) is 15.2 Å². The average molecular weight is 236 g/mol. The number of methoxy groups -OCH3 is 2. The molecule has 0 heterocycles. The highest BCUT2D eigenvalue weighted by Crippen LogP contribution is 2.27. The minimum absolute atomic E-state index is 0.197. The van der Waals surface area contributed by atoms with Gasteiger partial charge in [-0.1, -0.05) is 0 Å². The van der Waals surface area contributed by atoms with Gasteiger partial charge in [0.05, 0.1) is 19.8 Å². The zero-order chi connectivity index (χ0) is 13.1. The van der Waals surface area contributed by atoms with Gasteiger partial charge in [-0.05, 0) is 39.0 Å². The summed E-state index contributed by atoms with van der Waals surface area (Å²) in [6.45, 7) is 6.00. The van der Waals surface area contributed by atoms with Crippen molar-refractivity contribution in [3.63, 3.8) is 0 Å². The van der Waals surface area contributed by atoms with Crippen LogP contribution in [0.4, 0.5) is 0 Å². The highest BCUT2D eigenvalue weighted by molar-refractivity contribution is 5.98. The van der Waals surface area contributed by atoms with Crippen LogP contribution in [0.15, 0.2) is 23.2 Å². The van der Waals surface area contributed by atoms with E-state index in [9.17, 15) is 0 Å². The van der Waals surface area contributed by atoms with Crippen LogP contribution in [0.5, 0.6) is 11.5 Å². The number of hydrogen-bond donors (Lipinski definition) is 1. The van der Waals surface area contributed by atoms with Crippen LogP contribution in [-0.4, -0.2) is 25.6 Å². The number of amidine groups is 1. The molecule has 0 saturated carbocycles. The second-order valence-electron chi connectivity index (χ2n) is 4.74. The van der Waals surface area contributed by atoms with Gasteiger partial charge in [0.1, 0.15) is 5.84 Å². The monoisotopic (exact) mass is 236 g/mol. The molecule has 1 aromatic carbocycles. The van der Waals surface area contributed by atoms with Gasteiger partial charge in [0.15, 0.2) is 11.5 Å². The maximum Gasteiger partial charge on any atom is 0.161 e. The van der Waals surface area contributed by atoms with E-state index in [0.717, 1.165) is 5.56 Å². The maximum absolute atomic E-state index is 5.95. The van der Waals surface area contributed by atoms with E-state index in [1.54, 1.807) is 14.2 Å². The molecule has 0 unspecified atom stereocenters. The molecule has 0 aliphatic heterocycles. The fourth-order valence-corrected chi connectivity index (χ4v) is 1.42. The molecule has 4 heteroatoms. The summed E-state index contributed by atoms with van der Waals surface area (Å²) in [5, 5.41) is 0. The quantitative estimate of drug-likeness (QED) is 0.646. The van der Waals surface area contributed by atoms with Crippen molar-refractivity contribution >= 4 is 5.84 Å². The molecule has 1 rings (SSSR count). The van der Waals surface area contributed by atoms with Crippen molar-refractivity contribution in [2.24, 2.45) is 10.7 Å². The summed E-state index contributed by atoms with van der Waals surface area (Å²) in [5.41, 5.74) is 6.58. The molecule has 0 spiro atoms. The Morgan fingerprint density at radius 2 is 1.71 bits per heavy atom. The lowest BCUT2D eigenvalue weighted by Gasteiger charge is -2.14. The van der Waals surface area contributed by atoms with Crippen LogP contribution in [0.2, 0.25) is 0 Å². The third-order valence-electron chi connectivity index (χ3n) is 2.14. The Kier molecular flexibility index (Phi) is 3.99. The van der Waals surface area contributed by atoms with Crippen LogP contribution in [0.3, 0.4) is 0 Å². The molecule has 0 amide bonds. The van der Waals surface area contributed by atoms with E-state index in [2.05, 4.69) is 4.99 Å². The minimum atomic E-state index is -0.197. The van der Waals surface area contributed by atoms with Crippen LogP contribution >= 0.6 is 0 Å². The van der Waals surface area contributed by atoms with E-state index >= 15 is 0 Å². The van der Waals surface area contributed by atoms with E-state index in [-0.39, 0.29) is 5.54 Å². The SMILES string of the molecule is COc1ccc(C(N)=NC(C)(C)C)cc1OC. The number of ether oxygens (including phenoxy) is 2. The maximum atomic E-state index is 5.95. The molecule has 0 bridgehead atoms.